The van der Waals surface area contributed by atoms with Gasteiger partial charge in [-0.3, -0.25) is 9.59 Å². The van der Waals surface area contributed by atoms with Crippen LogP contribution in [-0.4, -0.2) is 51.0 Å². The molecular formula is C36H39N4O5+. The number of hydrogen-bond donors (Lipinski definition) is 5. The maximum atomic E-state index is 14.2. The van der Waals surface area contributed by atoms with Crippen LogP contribution in [0.15, 0.2) is 18.0 Å². The van der Waals surface area contributed by atoms with Crippen LogP contribution in [0.3, 0.4) is 0 Å². The number of hydrogen-bond acceptors (Lipinski definition) is 4. The Morgan fingerprint density at radius 2 is 1.71 bits per heavy atom. The molecule has 232 valence electrons. The van der Waals surface area contributed by atoms with Gasteiger partial charge in [0.25, 0.3) is 0 Å². The van der Waals surface area contributed by atoms with Crippen LogP contribution in [0.1, 0.15) is 87.6 Å². The number of carboxylic acid groups (broad SMARTS) is 1. The van der Waals surface area contributed by atoms with Crippen LogP contribution in [-0.2, 0) is 20.4 Å². The van der Waals surface area contributed by atoms with Crippen molar-refractivity contribution in [3.8, 4) is 0 Å². The van der Waals surface area contributed by atoms with Gasteiger partial charge >= 0.3 is 11.9 Å². The van der Waals surface area contributed by atoms with Gasteiger partial charge in [0.05, 0.1) is 5.69 Å². The highest BCUT2D eigenvalue weighted by molar-refractivity contribution is 6.24. The quantitative estimate of drug-likeness (QED) is 0.124. The molecule has 9 nitrogen and oxygen atoms in total. The molecule has 2 fully saturated rings. The van der Waals surface area contributed by atoms with Gasteiger partial charge in [-0.15, -0.1) is 0 Å². The van der Waals surface area contributed by atoms with E-state index in [4.69, 9.17) is 0 Å². The number of H-pyrrole nitrogens is 3. The Balaban J connectivity index is 1.57. The predicted molar refractivity (Wildman–Crippen MR) is 174 cm³/mol. The fourth-order valence-electron chi connectivity index (χ4n) is 7.57. The number of allylic oxidation sites excluding steroid dienone is 2. The van der Waals surface area contributed by atoms with E-state index in [0.717, 1.165) is 67.8 Å². The van der Waals surface area contributed by atoms with E-state index in [1.807, 2.05) is 13.0 Å². The molecule has 9 heteroatoms. The van der Waals surface area contributed by atoms with Crippen molar-refractivity contribution in [2.45, 2.75) is 53.9 Å². The number of Topliss-reactive ketones (excluding diaryl/α,β-unsaturated/α-hetero) is 1. The number of carbonyl (C=O) groups is 3. The molecule has 7 rings (SSSR count). The Hall–Kier alpha value is -4.79. The third-order valence-electron chi connectivity index (χ3n) is 10.2. The summed E-state index contributed by atoms with van der Waals surface area (Å²) in [5, 5.41) is 15.2. The molecule has 3 aromatic heterocycles. The number of aromatic nitrogens is 3. The topological polar surface area (TPSA) is 134 Å². The zero-order chi connectivity index (χ0) is 31.9. The first-order valence-electron chi connectivity index (χ1n) is 15.7. The smallest absolute Gasteiger partial charge is 0.534 e. The number of epoxide rings is 1. The molecule has 3 atom stereocenters. The molecule has 6 heterocycles. The molecule has 0 unspecified atom stereocenters. The summed E-state index contributed by atoms with van der Waals surface area (Å²) in [5.74, 6) is -2.70. The molecule has 0 radical (unpaired) electrons. The maximum absolute atomic E-state index is 14.2. The van der Waals surface area contributed by atoms with Crippen LogP contribution >= 0.6 is 0 Å². The van der Waals surface area contributed by atoms with Crippen molar-refractivity contribution in [3.63, 3.8) is 0 Å². The van der Waals surface area contributed by atoms with Crippen molar-refractivity contribution in [2.24, 2.45) is 17.8 Å². The molecule has 1 aliphatic carbocycles. The highest BCUT2D eigenvalue weighted by Gasteiger charge is 2.55. The summed E-state index contributed by atoms with van der Waals surface area (Å²) >= 11 is 0. The van der Waals surface area contributed by atoms with Crippen LogP contribution < -0.4 is 16.0 Å². The minimum Gasteiger partial charge on any atom is -0.535 e. The summed E-state index contributed by atoms with van der Waals surface area (Å²) in [7, 11) is 0. The van der Waals surface area contributed by atoms with E-state index in [9.17, 15) is 19.5 Å². The number of ketones is 1. The van der Waals surface area contributed by atoms with Crippen LogP contribution in [0.25, 0.3) is 29.9 Å². The van der Waals surface area contributed by atoms with E-state index in [-0.39, 0.29) is 30.0 Å². The van der Waals surface area contributed by atoms with E-state index in [2.05, 4.69) is 77.1 Å². The van der Waals surface area contributed by atoms with Crippen molar-refractivity contribution >= 4 is 47.6 Å². The standard InChI is InChI=1S/C36H38N4O5/c1-7-20-16(3)23-13-25-18(5)22(9-10-29(41)42)33(39-25)31-32(36(44)45-11-12-45)35(43)30-19(6)26(40-34(30)31)15-28-21(8-2)17(4)24(38-28)14-27(20)37-23/h7,13-15,18,22,32,37-38H,1,8-12H2,2-6H3,(H2-,39,40,41,42,43)/p+1/b24-14-,25-13-,28-15-/t18-,22-,32+/m0/s1. The largest absolute Gasteiger partial charge is 0.535 e. The number of aliphatic carboxylic acids is 1. The van der Waals surface area contributed by atoms with Crippen molar-refractivity contribution in [1.82, 2.24) is 20.3 Å². The van der Waals surface area contributed by atoms with Gasteiger partial charge in [0.1, 0.15) is 0 Å². The number of rotatable bonds is 6. The summed E-state index contributed by atoms with van der Waals surface area (Å²) in [6.45, 7) is 15.5. The number of carboxylic acids is 1. The van der Waals surface area contributed by atoms with E-state index in [1.165, 1.54) is 5.56 Å². The van der Waals surface area contributed by atoms with Crippen LogP contribution in [0.5, 0.6) is 0 Å². The number of aromatic amines is 3. The first-order valence-corrected chi connectivity index (χ1v) is 15.7. The SMILES string of the molecule is C=Cc1c2[nH]c(c1C)/C=C1\N/C(=C3\c4[nH]c(c(C)c4C(=O)[C@@H]3C(=O)[O+]3CC3)/C=c3\[nH]/c(c(C)c3CC)=C\2)[C@@H](CCC(=O)O)[C@@H]1C. The van der Waals surface area contributed by atoms with Crippen LogP contribution in [0, 0.1) is 38.5 Å². The van der Waals surface area contributed by atoms with E-state index in [0.29, 0.717) is 36.5 Å². The maximum Gasteiger partial charge on any atom is 0.534 e. The number of carbonyl (C=O) groups excluding carboxylic acids is 2. The Bertz CT molecular complexity index is 2030. The summed E-state index contributed by atoms with van der Waals surface area (Å²) in [6, 6.07) is 0. The summed E-state index contributed by atoms with van der Waals surface area (Å²) in [5.41, 5.74) is 11.3. The van der Waals surface area contributed by atoms with Gasteiger partial charge in [-0.2, -0.15) is 0 Å². The van der Waals surface area contributed by atoms with Gasteiger partial charge < -0.3 is 29.7 Å². The molecule has 0 aromatic carbocycles. The van der Waals surface area contributed by atoms with Crippen LogP contribution in [0.2, 0.25) is 0 Å². The molecule has 3 aliphatic heterocycles. The fourth-order valence-corrected chi connectivity index (χ4v) is 7.57. The van der Waals surface area contributed by atoms with Gasteiger partial charge in [-0.05, 0) is 74.1 Å². The Morgan fingerprint density at radius 1 is 1.00 bits per heavy atom. The van der Waals surface area contributed by atoms with Crippen LogP contribution in [0.4, 0.5) is 0 Å². The second-order valence-corrected chi connectivity index (χ2v) is 12.7. The van der Waals surface area contributed by atoms with E-state index >= 15 is 0 Å². The lowest BCUT2D eigenvalue weighted by Crippen LogP contribution is -2.26. The van der Waals surface area contributed by atoms with E-state index < -0.39 is 11.9 Å². The first-order chi connectivity index (χ1) is 21.5. The Labute approximate surface area is 261 Å². The van der Waals surface area contributed by atoms with Gasteiger partial charge in [-0.25, -0.2) is 0 Å². The third kappa shape index (κ3) is 4.39. The van der Waals surface area contributed by atoms with E-state index in [1.54, 1.807) is 0 Å². The molecule has 4 aliphatic rings. The lowest BCUT2D eigenvalue weighted by molar-refractivity contribution is -0.151. The number of fused-ring (bicyclic) bond motifs is 7. The second-order valence-electron chi connectivity index (χ2n) is 12.7. The molecule has 0 amide bonds. The minimum atomic E-state index is -1.00. The van der Waals surface area contributed by atoms with Gasteiger partial charge in [0.2, 0.25) is 5.92 Å². The first kappa shape index (κ1) is 29.0. The average molecular weight is 608 g/mol. The molecule has 0 saturated carbocycles. The zero-order valence-electron chi connectivity index (χ0n) is 26.4. The summed E-state index contributed by atoms with van der Waals surface area (Å²) in [6.07, 6.45) is 9.29. The van der Waals surface area contributed by atoms with Crippen molar-refractivity contribution in [3.05, 3.63) is 84.8 Å². The molecule has 0 spiro atoms. The summed E-state index contributed by atoms with van der Waals surface area (Å²) in [4.78, 5) is 50.5. The monoisotopic (exact) mass is 607 g/mol. The van der Waals surface area contributed by atoms with Crippen molar-refractivity contribution < 1.29 is 23.9 Å². The average Bonchev–Trinajstić information content (AvgIpc) is 3.45. The predicted octanol–water partition coefficient (Wildman–Crippen LogP) is 4.15. The Kier molecular flexibility index (Phi) is 6.69. The lowest BCUT2D eigenvalue weighted by Gasteiger charge is -2.18. The summed E-state index contributed by atoms with van der Waals surface area (Å²) < 4.78 is 2.61. The normalized spacial score (nSPS) is 25.6. The van der Waals surface area contributed by atoms with Crippen molar-refractivity contribution in [1.29, 1.82) is 0 Å². The Morgan fingerprint density at radius 3 is 2.38 bits per heavy atom. The molecule has 8 bridgehead atoms. The second kappa shape index (κ2) is 10.4. The number of nitrogens with one attached hydrogen (secondary N) is 4. The molecular weight excluding hydrogens is 568 g/mol. The third-order valence-corrected chi connectivity index (χ3v) is 10.2. The minimum absolute atomic E-state index is 0.0286. The molecule has 45 heavy (non-hydrogen) atoms. The van der Waals surface area contributed by atoms with Gasteiger partial charge in [0, 0.05) is 78.9 Å². The molecule has 2 saturated heterocycles. The fraction of sp³-hybridized carbons (Fsp3) is 0.361. The molecule has 5 N–H and O–H groups in total. The highest BCUT2D eigenvalue weighted by atomic mass is 16.8. The highest BCUT2D eigenvalue weighted by Crippen LogP contribution is 2.49. The van der Waals surface area contributed by atoms with Gasteiger partial charge in [-0.1, -0.05) is 26.5 Å². The van der Waals surface area contributed by atoms with Crippen molar-refractivity contribution in [2.75, 3.05) is 13.2 Å². The van der Waals surface area contributed by atoms with Gasteiger partial charge in [0.15, 0.2) is 19.0 Å². The zero-order valence-corrected chi connectivity index (χ0v) is 26.4. The lowest BCUT2D eigenvalue weighted by atomic mass is 9.85. The molecule has 3 aromatic rings.